The van der Waals surface area contributed by atoms with E-state index in [1.54, 1.807) is 30.4 Å². The summed E-state index contributed by atoms with van der Waals surface area (Å²) in [6.07, 6.45) is 6.77. The zero-order valence-corrected chi connectivity index (χ0v) is 8.88. The minimum Gasteiger partial charge on any atom is -0.507 e. The number of ketones is 1. The quantitative estimate of drug-likeness (QED) is 0.824. The molecule has 2 rings (SSSR count). The topological polar surface area (TPSA) is 46.5 Å². The van der Waals surface area contributed by atoms with E-state index in [9.17, 15) is 9.90 Å². The van der Waals surface area contributed by atoms with Crippen LogP contribution < -0.4 is 4.74 Å². The summed E-state index contributed by atoms with van der Waals surface area (Å²) in [4.78, 5) is 11.6. The molecule has 0 amide bonds. The highest BCUT2D eigenvalue weighted by atomic mass is 16.5. The van der Waals surface area contributed by atoms with Crippen molar-refractivity contribution in [3.8, 4) is 11.5 Å². The van der Waals surface area contributed by atoms with Gasteiger partial charge in [-0.3, -0.25) is 4.79 Å². The smallest absolute Gasteiger partial charge is 0.167 e. The zero-order valence-electron chi connectivity index (χ0n) is 8.88. The van der Waals surface area contributed by atoms with Gasteiger partial charge in [-0.1, -0.05) is 24.3 Å². The number of ether oxygens (including phenoxy) is 1. The van der Waals surface area contributed by atoms with Crippen LogP contribution in [0.1, 0.15) is 11.5 Å². The summed E-state index contributed by atoms with van der Waals surface area (Å²) >= 11 is 0. The Hall–Kier alpha value is -2.03. The van der Waals surface area contributed by atoms with Gasteiger partial charge in [0.15, 0.2) is 5.78 Å². The maximum Gasteiger partial charge on any atom is 0.167 e. The number of methoxy groups -OCH3 is 1. The molecule has 0 radical (unpaired) electrons. The van der Waals surface area contributed by atoms with E-state index in [4.69, 9.17) is 4.74 Å². The normalized spacial score (nSPS) is 18.8. The van der Waals surface area contributed by atoms with E-state index >= 15 is 0 Å². The monoisotopic (exact) mass is 216 g/mol. The van der Waals surface area contributed by atoms with Gasteiger partial charge in [-0.15, -0.1) is 0 Å². The van der Waals surface area contributed by atoms with Crippen LogP contribution >= 0.6 is 0 Å². The summed E-state index contributed by atoms with van der Waals surface area (Å²) in [5.41, 5.74) is 0.603. The molecule has 1 unspecified atom stereocenters. The predicted octanol–water partition coefficient (Wildman–Crippen LogP) is 2.18. The molecule has 3 nitrogen and oxygen atoms in total. The minimum absolute atomic E-state index is 0.0250. The second-order valence-electron chi connectivity index (χ2n) is 3.55. The van der Waals surface area contributed by atoms with Gasteiger partial charge in [-0.05, 0) is 12.1 Å². The van der Waals surface area contributed by atoms with Crippen molar-refractivity contribution in [3.05, 3.63) is 48.1 Å². The molecule has 82 valence electrons. The highest BCUT2D eigenvalue weighted by molar-refractivity contribution is 5.98. The molecule has 1 aromatic carbocycles. The molecular weight excluding hydrogens is 204 g/mol. The molecule has 16 heavy (non-hydrogen) atoms. The number of aromatic hydroxyl groups is 1. The van der Waals surface area contributed by atoms with Crippen molar-refractivity contribution in [3.63, 3.8) is 0 Å². The maximum atomic E-state index is 11.6. The standard InChI is InChI=1S/C13H12O3/c1-16-9-6-7-11(13(15)8-9)10-4-2-3-5-12(10)14/h2-8,10,15H,1H3. The first kappa shape index (κ1) is 10.5. The Morgan fingerprint density at radius 3 is 2.75 bits per heavy atom. The zero-order chi connectivity index (χ0) is 11.5. The van der Waals surface area contributed by atoms with Crippen LogP contribution in [-0.4, -0.2) is 18.0 Å². The Bertz CT molecular complexity index is 472. The molecule has 0 heterocycles. The van der Waals surface area contributed by atoms with Crippen LogP contribution in [0, 0.1) is 0 Å². The Kier molecular flexibility index (Phi) is 2.77. The molecule has 0 saturated carbocycles. The van der Waals surface area contributed by atoms with Gasteiger partial charge in [0.05, 0.1) is 13.0 Å². The molecule has 1 atom stereocenters. The molecule has 0 aliphatic heterocycles. The van der Waals surface area contributed by atoms with E-state index in [1.165, 1.54) is 19.3 Å². The van der Waals surface area contributed by atoms with Crippen LogP contribution in [-0.2, 0) is 4.79 Å². The van der Waals surface area contributed by atoms with E-state index in [0.717, 1.165) is 0 Å². The number of carbonyl (C=O) groups excluding carboxylic acids is 1. The number of hydrogen-bond acceptors (Lipinski definition) is 3. The molecule has 0 bridgehead atoms. The van der Waals surface area contributed by atoms with Gasteiger partial charge in [0.25, 0.3) is 0 Å². The maximum absolute atomic E-state index is 11.6. The number of rotatable bonds is 2. The number of phenolic OH excluding ortho intramolecular Hbond substituents is 1. The van der Waals surface area contributed by atoms with Gasteiger partial charge >= 0.3 is 0 Å². The van der Waals surface area contributed by atoms with Gasteiger partial charge in [-0.2, -0.15) is 0 Å². The third-order valence-corrected chi connectivity index (χ3v) is 2.55. The summed E-state index contributed by atoms with van der Waals surface area (Å²) in [5, 5.41) is 9.80. The molecule has 1 aromatic rings. The summed E-state index contributed by atoms with van der Waals surface area (Å²) in [6.45, 7) is 0. The van der Waals surface area contributed by atoms with Gasteiger partial charge in [-0.25, -0.2) is 0 Å². The molecule has 0 saturated heterocycles. The van der Waals surface area contributed by atoms with Crippen LogP contribution in [0.2, 0.25) is 0 Å². The highest BCUT2D eigenvalue weighted by Gasteiger charge is 2.20. The number of carbonyl (C=O) groups is 1. The lowest BCUT2D eigenvalue weighted by atomic mass is 9.91. The van der Waals surface area contributed by atoms with Crippen molar-refractivity contribution < 1.29 is 14.6 Å². The van der Waals surface area contributed by atoms with Gasteiger partial charge < -0.3 is 9.84 Å². The van der Waals surface area contributed by atoms with Gasteiger partial charge in [0, 0.05) is 11.6 Å². The fourth-order valence-corrected chi connectivity index (χ4v) is 1.69. The average molecular weight is 216 g/mol. The summed E-state index contributed by atoms with van der Waals surface area (Å²) in [5.74, 6) is 0.237. The predicted molar refractivity (Wildman–Crippen MR) is 60.7 cm³/mol. The molecule has 1 N–H and O–H groups in total. The van der Waals surface area contributed by atoms with Crippen LogP contribution in [0.5, 0.6) is 11.5 Å². The van der Waals surface area contributed by atoms with Crippen LogP contribution in [0.4, 0.5) is 0 Å². The van der Waals surface area contributed by atoms with Crippen LogP contribution in [0.25, 0.3) is 0 Å². The lowest BCUT2D eigenvalue weighted by molar-refractivity contribution is -0.115. The number of allylic oxidation sites excluding steroid dienone is 4. The van der Waals surface area contributed by atoms with Crippen molar-refractivity contribution in [2.75, 3.05) is 7.11 Å². The van der Waals surface area contributed by atoms with Crippen LogP contribution in [0.3, 0.4) is 0 Å². The Morgan fingerprint density at radius 2 is 2.12 bits per heavy atom. The van der Waals surface area contributed by atoms with Crippen LogP contribution in [0.15, 0.2) is 42.5 Å². The Balaban J connectivity index is 2.37. The second kappa shape index (κ2) is 4.23. The highest BCUT2D eigenvalue weighted by Crippen LogP contribution is 2.32. The lowest BCUT2D eigenvalue weighted by Gasteiger charge is -2.14. The van der Waals surface area contributed by atoms with E-state index < -0.39 is 5.92 Å². The van der Waals surface area contributed by atoms with Crippen molar-refractivity contribution in [2.24, 2.45) is 0 Å². The van der Waals surface area contributed by atoms with E-state index in [1.807, 2.05) is 0 Å². The molecule has 1 aliphatic rings. The fraction of sp³-hybridized carbons (Fsp3) is 0.154. The van der Waals surface area contributed by atoms with E-state index in [-0.39, 0.29) is 11.5 Å². The van der Waals surface area contributed by atoms with Crippen molar-refractivity contribution in [2.45, 2.75) is 5.92 Å². The van der Waals surface area contributed by atoms with Gasteiger partial charge in [0.2, 0.25) is 0 Å². The van der Waals surface area contributed by atoms with Crippen molar-refractivity contribution in [1.82, 2.24) is 0 Å². The summed E-state index contributed by atoms with van der Waals surface area (Å²) < 4.78 is 4.99. The number of benzene rings is 1. The van der Waals surface area contributed by atoms with Crippen molar-refractivity contribution in [1.29, 1.82) is 0 Å². The molecular formula is C13H12O3. The minimum atomic E-state index is -0.393. The molecule has 3 heteroatoms. The number of hydrogen-bond donors (Lipinski definition) is 1. The van der Waals surface area contributed by atoms with Gasteiger partial charge in [0.1, 0.15) is 11.5 Å². The van der Waals surface area contributed by atoms with E-state index in [0.29, 0.717) is 11.3 Å². The fourth-order valence-electron chi connectivity index (χ4n) is 1.69. The summed E-state index contributed by atoms with van der Waals surface area (Å²) in [7, 11) is 1.53. The third kappa shape index (κ3) is 1.84. The van der Waals surface area contributed by atoms with E-state index in [2.05, 4.69) is 0 Å². The lowest BCUT2D eigenvalue weighted by Crippen LogP contribution is -2.09. The van der Waals surface area contributed by atoms with Crippen molar-refractivity contribution >= 4 is 5.78 Å². The molecule has 0 aromatic heterocycles. The SMILES string of the molecule is COc1ccc(C2C=CC=CC2=O)c(O)c1. The molecule has 0 fully saturated rings. The average Bonchev–Trinajstić information content (AvgIpc) is 2.30. The first-order chi connectivity index (χ1) is 7.72. The second-order valence-corrected chi connectivity index (χ2v) is 3.55. The molecule has 0 spiro atoms. The largest absolute Gasteiger partial charge is 0.507 e. The summed E-state index contributed by atoms with van der Waals surface area (Å²) in [6, 6.07) is 4.95. The molecule has 1 aliphatic carbocycles. The Labute approximate surface area is 93.7 Å². The third-order valence-electron chi connectivity index (χ3n) is 2.55. The Morgan fingerprint density at radius 1 is 1.31 bits per heavy atom. The number of phenols is 1. The first-order valence-corrected chi connectivity index (χ1v) is 4.98. The first-order valence-electron chi connectivity index (χ1n) is 4.98.